The summed E-state index contributed by atoms with van der Waals surface area (Å²) in [5.41, 5.74) is 0.395. The van der Waals surface area contributed by atoms with Gasteiger partial charge in [0, 0.05) is 12.2 Å². The van der Waals surface area contributed by atoms with E-state index in [1.54, 1.807) is 6.92 Å². The largest absolute Gasteiger partial charge is 0.460 e. The fourth-order valence-corrected chi connectivity index (χ4v) is 6.49. The summed E-state index contributed by atoms with van der Waals surface area (Å²) in [5, 5.41) is 0. The Kier molecular flexibility index (Phi) is 8.19. The third-order valence-electron chi connectivity index (χ3n) is 3.26. The van der Waals surface area contributed by atoms with E-state index in [1.807, 2.05) is 6.92 Å². The number of carbonyl (C=O) groups is 1. The molecule has 0 aliphatic carbocycles. The molecule has 18 heavy (non-hydrogen) atoms. The molecule has 0 aromatic rings. The van der Waals surface area contributed by atoms with Gasteiger partial charge in [-0.05, 0) is 32.4 Å². The van der Waals surface area contributed by atoms with Gasteiger partial charge in [0.2, 0.25) is 8.32 Å². The van der Waals surface area contributed by atoms with Crippen molar-refractivity contribution in [2.45, 2.75) is 65.3 Å². The normalized spacial score (nSPS) is 15.8. The van der Waals surface area contributed by atoms with E-state index in [2.05, 4.69) is 27.4 Å². The first-order valence-corrected chi connectivity index (χ1v) is 9.37. The maximum absolute atomic E-state index is 11.7. The molecule has 0 radical (unpaired) electrons. The molecule has 0 bridgehead atoms. The zero-order valence-corrected chi connectivity index (χ0v) is 13.5. The molecule has 0 aromatic carbocycles. The van der Waals surface area contributed by atoms with Crippen molar-refractivity contribution in [3.63, 3.8) is 0 Å². The molecule has 0 rings (SSSR count). The SMILES string of the molecule is C=C(C)C(=O)OC(CC)[Si](CC)(CCC)OCC. The van der Waals surface area contributed by atoms with Gasteiger partial charge in [-0.25, -0.2) is 4.79 Å². The Labute approximate surface area is 113 Å². The summed E-state index contributed by atoms with van der Waals surface area (Å²) in [5.74, 6) is -0.289. The maximum Gasteiger partial charge on any atom is 0.333 e. The quantitative estimate of drug-likeness (QED) is 0.363. The molecule has 2 unspecified atom stereocenters. The highest BCUT2D eigenvalue weighted by Crippen LogP contribution is 2.28. The molecule has 4 heteroatoms. The van der Waals surface area contributed by atoms with E-state index in [-0.39, 0.29) is 11.7 Å². The van der Waals surface area contributed by atoms with Crippen molar-refractivity contribution < 1.29 is 14.0 Å². The van der Waals surface area contributed by atoms with Crippen LogP contribution < -0.4 is 0 Å². The van der Waals surface area contributed by atoms with Gasteiger partial charge in [-0.3, -0.25) is 0 Å². The molecule has 0 fully saturated rings. The summed E-state index contributed by atoms with van der Waals surface area (Å²) in [4.78, 5) is 11.7. The second-order valence-corrected chi connectivity index (χ2v) is 8.95. The van der Waals surface area contributed by atoms with Crippen LogP contribution in [0.1, 0.15) is 47.5 Å². The lowest BCUT2D eigenvalue weighted by atomic mass is 10.4. The van der Waals surface area contributed by atoms with E-state index < -0.39 is 8.32 Å². The van der Waals surface area contributed by atoms with Crippen LogP contribution in [0.5, 0.6) is 0 Å². The number of hydrogen-bond donors (Lipinski definition) is 0. The Morgan fingerprint density at radius 2 is 1.89 bits per heavy atom. The Bertz CT molecular complexity index is 270. The number of carbonyl (C=O) groups excluding carboxylic acids is 1. The Morgan fingerprint density at radius 3 is 2.22 bits per heavy atom. The minimum absolute atomic E-state index is 0.0633. The second kappa shape index (κ2) is 8.48. The summed E-state index contributed by atoms with van der Waals surface area (Å²) in [6.45, 7) is 14.4. The smallest absolute Gasteiger partial charge is 0.333 e. The van der Waals surface area contributed by atoms with Gasteiger partial charge >= 0.3 is 5.97 Å². The standard InChI is InChI=1S/C14H28O3Si/c1-7-11-18(10-4,16-9-3)13(8-2)17-14(15)12(5)6/h13H,5,7-11H2,1-4,6H3. The van der Waals surface area contributed by atoms with Crippen LogP contribution in [-0.4, -0.2) is 26.6 Å². The summed E-state index contributed by atoms with van der Waals surface area (Å²) < 4.78 is 11.7. The van der Waals surface area contributed by atoms with Crippen LogP contribution in [0, 0.1) is 0 Å². The van der Waals surface area contributed by atoms with Crippen molar-refractivity contribution in [3.05, 3.63) is 12.2 Å². The summed E-state index contributed by atoms with van der Waals surface area (Å²) in [6, 6.07) is 2.02. The molecular formula is C14H28O3Si. The van der Waals surface area contributed by atoms with E-state index in [4.69, 9.17) is 9.16 Å². The maximum atomic E-state index is 11.7. The van der Waals surface area contributed by atoms with Crippen LogP contribution in [0.15, 0.2) is 12.2 Å². The highest BCUT2D eigenvalue weighted by Gasteiger charge is 2.42. The monoisotopic (exact) mass is 272 g/mol. The molecule has 2 atom stereocenters. The average molecular weight is 272 g/mol. The highest BCUT2D eigenvalue weighted by atomic mass is 28.4. The minimum atomic E-state index is -1.99. The molecule has 0 heterocycles. The van der Waals surface area contributed by atoms with Gasteiger partial charge in [-0.2, -0.15) is 0 Å². The number of rotatable bonds is 9. The third kappa shape index (κ3) is 4.57. The molecule has 0 saturated heterocycles. The van der Waals surface area contributed by atoms with Crippen LogP contribution in [0.3, 0.4) is 0 Å². The number of ether oxygens (including phenoxy) is 1. The molecule has 0 N–H and O–H groups in total. The van der Waals surface area contributed by atoms with Crippen molar-refractivity contribution in [1.82, 2.24) is 0 Å². The van der Waals surface area contributed by atoms with Crippen molar-refractivity contribution in [2.75, 3.05) is 6.61 Å². The zero-order chi connectivity index (χ0) is 14.2. The summed E-state index contributed by atoms with van der Waals surface area (Å²) in [7, 11) is -1.99. The van der Waals surface area contributed by atoms with E-state index >= 15 is 0 Å². The molecular weight excluding hydrogens is 244 g/mol. The van der Waals surface area contributed by atoms with Gasteiger partial charge in [-0.15, -0.1) is 0 Å². The van der Waals surface area contributed by atoms with E-state index in [1.165, 1.54) is 0 Å². The van der Waals surface area contributed by atoms with Crippen molar-refractivity contribution >= 4 is 14.3 Å². The predicted octanol–water partition coefficient (Wildman–Crippen LogP) is 3.84. The van der Waals surface area contributed by atoms with Gasteiger partial charge in [0.25, 0.3) is 0 Å². The van der Waals surface area contributed by atoms with Gasteiger partial charge < -0.3 is 9.16 Å². The molecule has 0 spiro atoms. The Balaban J connectivity index is 5.00. The van der Waals surface area contributed by atoms with E-state index in [9.17, 15) is 4.79 Å². The molecule has 0 aliphatic heterocycles. The van der Waals surface area contributed by atoms with Crippen LogP contribution in [0.2, 0.25) is 12.1 Å². The van der Waals surface area contributed by atoms with Crippen LogP contribution in [0.25, 0.3) is 0 Å². The molecule has 3 nitrogen and oxygen atoms in total. The van der Waals surface area contributed by atoms with Gasteiger partial charge in [0.05, 0.1) is 0 Å². The number of hydrogen-bond acceptors (Lipinski definition) is 3. The molecule has 0 aliphatic rings. The first kappa shape index (κ1) is 17.4. The minimum Gasteiger partial charge on any atom is -0.460 e. The van der Waals surface area contributed by atoms with Crippen LogP contribution in [-0.2, 0) is 14.0 Å². The molecule has 0 saturated carbocycles. The first-order valence-electron chi connectivity index (χ1n) is 6.97. The summed E-state index contributed by atoms with van der Waals surface area (Å²) >= 11 is 0. The van der Waals surface area contributed by atoms with Gasteiger partial charge in [0.15, 0.2) is 0 Å². The molecule has 0 amide bonds. The number of esters is 1. The topological polar surface area (TPSA) is 35.5 Å². The second-order valence-electron chi connectivity index (χ2n) is 4.68. The van der Waals surface area contributed by atoms with Crippen LogP contribution in [0.4, 0.5) is 0 Å². The zero-order valence-electron chi connectivity index (χ0n) is 12.5. The lowest BCUT2D eigenvalue weighted by molar-refractivity contribution is -0.141. The van der Waals surface area contributed by atoms with Crippen molar-refractivity contribution in [1.29, 1.82) is 0 Å². The lowest BCUT2D eigenvalue weighted by Crippen LogP contribution is -2.52. The fourth-order valence-electron chi connectivity index (χ4n) is 2.34. The van der Waals surface area contributed by atoms with Crippen molar-refractivity contribution in [3.8, 4) is 0 Å². The van der Waals surface area contributed by atoms with Gasteiger partial charge in [0.1, 0.15) is 5.73 Å². The fraction of sp³-hybridized carbons (Fsp3) is 0.786. The van der Waals surface area contributed by atoms with Crippen LogP contribution >= 0.6 is 0 Å². The van der Waals surface area contributed by atoms with Crippen molar-refractivity contribution in [2.24, 2.45) is 0 Å². The Morgan fingerprint density at radius 1 is 1.28 bits per heavy atom. The molecule has 106 valence electrons. The first-order chi connectivity index (χ1) is 8.47. The molecule has 0 aromatic heterocycles. The van der Waals surface area contributed by atoms with E-state index in [0.717, 1.165) is 24.9 Å². The predicted molar refractivity (Wildman–Crippen MR) is 77.9 cm³/mol. The third-order valence-corrected chi connectivity index (χ3v) is 8.37. The highest BCUT2D eigenvalue weighted by molar-refractivity contribution is 6.75. The summed E-state index contributed by atoms with van der Waals surface area (Å²) in [6.07, 6.45) is 1.89. The Hall–Kier alpha value is -0.613. The lowest BCUT2D eigenvalue weighted by Gasteiger charge is -2.36. The van der Waals surface area contributed by atoms with Gasteiger partial charge in [-0.1, -0.05) is 33.8 Å². The van der Waals surface area contributed by atoms with E-state index in [0.29, 0.717) is 12.2 Å². The average Bonchev–Trinajstić information content (AvgIpc) is 2.35.